The summed E-state index contributed by atoms with van der Waals surface area (Å²) < 4.78 is 0. The number of hydrogen-bond donors (Lipinski definition) is 2. The van der Waals surface area contributed by atoms with Crippen LogP contribution in [0.1, 0.15) is 44.6 Å². The summed E-state index contributed by atoms with van der Waals surface area (Å²) in [6.45, 7) is 5.40. The molecular formula is C12H22N2. The standard InChI is InChI=1S/C12H22N2/c1-10(2)12(5-3-4-7-13)11-6-8-14-9-11/h6,8-10,12,14H,3-5,7,13H2,1-2H3. The Hall–Kier alpha value is -0.760. The minimum Gasteiger partial charge on any atom is -0.367 e. The summed E-state index contributed by atoms with van der Waals surface area (Å²) in [5, 5.41) is 0. The van der Waals surface area contributed by atoms with E-state index in [0.717, 1.165) is 13.0 Å². The van der Waals surface area contributed by atoms with Gasteiger partial charge in [-0.1, -0.05) is 20.3 Å². The van der Waals surface area contributed by atoms with Crippen LogP contribution in [0.4, 0.5) is 0 Å². The molecule has 1 aromatic rings. The molecule has 0 bridgehead atoms. The zero-order chi connectivity index (χ0) is 10.4. The lowest BCUT2D eigenvalue weighted by Crippen LogP contribution is -2.07. The van der Waals surface area contributed by atoms with E-state index in [1.807, 2.05) is 6.20 Å². The maximum absolute atomic E-state index is 5.50. The van der Waals surface area contributed by atoms with Gasteiger partial charge in [0.2, 0.25) is 0 Å². The smallest absolute Gasteiger partial charge is 0.00402 e. The molecule has 0 aromatic carbocycles. The van der Waals surface area contributed by atoms with Gasteiger partial charge in [0.25, 0.3) is 0 Å². The summed E-state index contributed by atoms with van der Waals surface area (Å²) >= 11 is 0. The van der Waals surface area contributed by atoms with Crippen LogP contribution in [0.25, 0.3) is 0 Å². The fourth-order valence-electron chi connectivity index (χ4n) is 1.96. The molecule has 3 N–H and O–H groups in total. The number of aromatic amines is 1. The average molecular weight is 194 g/mol. The first kappa shape index (κ1) is 11.3. The number of hydrogen-bond acceptors (Lipinski definition) is 1. The van der Waals surface area contributed by atoms with Crippen molar-refractivity contribution in [1.82, 2.24) is 4.98 Å². The Bertz CT molecular complexity index is 226. The molecule has 1 atom stereocenters. The second kappa shape index (κ2) is 5.86. The number of nitrogens with two attached hydrogens (primary N) is 1. The molecule has 1 rings (SSSR count). The van der Waals surface area contributed by atoms with Crippen molar-refractivity contribution in [3.63, 3.8) is 0 Å². The molecule has 0 aliphatic rings. The Labute approximate surface area is 86.9 Å². The SMILES string of the molecule is CC(C)C(CCCCN)c1cc[nH]c1. The molecule has 1 aromatic heterocycles. The van der Waals surface area contributed by atoms with E-state index in [-0.39, 0.29) is 0 Å². The van der Waals surface area contributed by atoms with Gasteiger partial charge < -0.3 is 10.7 Å². The van der Waals surface area contributed by atoms with Gasteiger partial charge in [-0.15, -0.1) is 0 Å². The Morgan fingerprint density at radius 3 is 2.64 bits per heavy atom. The van der Waals surface area contributed by atoms with Crippen LogP contribution in [0.5, 0.6) is 0 Å². The first-order valence-electron chi connectivity index (χ1n) is 5.58. The van der Waals surface area contributed by atoms with Crippen molar-refractivity contribution >= 4 is 0 Å². The Kier molecular flexibility index (Phi) is 4.74. The third kappa shape index (κ3) is 3.18. The average Bonchev–Trinajstić information content (AvgIpc) is 2.64. The first-order chi connectivity index (χ1) is 6.75. The Morgan fingerprint density at radius 2 is 2.14 bits per heavy atom. The highest BCUT2D eigenvalue weighted by atomic mass is 14.6. The van der Waals surface area contributed by atoms with E-state index in [0.29, 0.717) is 11.8 Å². The van der Waals surface area contributed by atoms with Crippen LogP contribution < -0.4 is 5.73 Å². The maximum atomic E-state index is 5.50. The van der Waals surface area contributed by atoms with E-state index in [9.17, 15) is 0 Å². The topological polar surface area (TPSA) is 41.8 Å². The summed E-state index contributed by atoms with van der Waals surface area (Å²) in [5.74, 6) is 1.40. The summed E-state index contributed by atoms with van der Waals surface area (Å²) in [4.78, 5) is 3.13. The highest BCUT2D eigenvalue weighted by Crippen LogP contribution is 2.29. The zero-order valence-electron chi connectivity index (χ0n) is 9.29. The number of unbranched alkanes of at least 4 members (excludes halogenated alkanes) is 1. The third-order valence-corrected chi connectivity index (χ3v) is 2.82. The molecule has 0 spiro atoms. The molecular weight excluding hydrogens is 172 g/mol. The predicted octanol–water partition coefficient (Wildman–Crippen LogP) is 2.88. The van der Waals surface area contributed by atoms with Gasteiger partial charge >= 0.3 is 0 Å². The quantitative estimate of drug-likeness (QED) is 0.672. The molecule has 0 radical (unpaired) electrons. The number of H-pyrrole nitrogens is 1. The minimum absolute atomic E-state index is 0.688. The molecule has 14 heavy (non-hydrogen) atoms. The molecule has 2 heteroatoms. The molecule has 80 valence electrons. The van der Waals surface area contributed by atoms with Gasteiger partial charge in [-0.3, -0.25) is 0 Å². The first-order valence-corrected chi connectivity index (χ1v) is 5.58. The van der Waals surface area contributed by atoms with Crippen LogP contribution in [0, 0.1) is 5.92 Å². The van der Waals surface area contributed by atoms with E-state index in [1.54, 1.807) is 0 Å². The number of aromatic nitrogens is 1. The van der Waals surface area contributed by atoms with Crippen molar-refractivity contribution in [2.75, 3.05) is 6.54 Å². The van der Waals surface area contributed by atoms with E-state index < -0.39 is 0 Å². The molecule has 1 unspecified atom stereocenters. The van der Waals surface area contributed by atoms with Crippen molar-refractivity contribution in [3.05, 3.63) is 24.0 Å². The lowest BCUT2D eigenvalue weighted by Gasteiger charge is -2.19. The molecule has 0 aliphatic carbocycles. The van der Waals surface area contributed by atoms with Crippen LogP contribution in [0.3, 0.4) is 0 Å². The number of rotatable bonds is 6. The fraction of sp³-hybridized carbons (Fsp3) is 0.667. The number of nitrogens with one attached hydrogen (secondary N) is 1. The van der Waals surface area contributed by atoms with Crippen LogP contribution in [-0.2, 0) is 0 Å². The summed E-state index contributed by atoms with van der Waals surface area (Å²) in [7, 11) is 0. The van der Waals surface area contributed by atoms with Gasteiger partial charge in [0, 0.05) is 12.4 Å². The Balaban J connectivity index is 2.48. The van der Waals surface area contributed by atoms with E-state index in [1.165, 1.54) is 18.4 Å². The monoisotopic (exact) mass is 194 g/mol. The van der Waals surface area contributed by atoms with Crippen LogP contribution in [-0.4, -0.2) is 11.5 Å². The Morgan fingerprint density at radius 1 is 1.36 bits per heavy atom. The fourth-order valence-corrected chi connectivity index (χ4v) is 1.96. The van der Waals surface area contributed by atoms with E-state index >= 15 is 0 Å². The van der Waals surface area contributed by atoms with Crippen LogP contribution >= 0.6 is 0 Å². The molecule has 2 nitrogen and oxygen atoms in total. The molecule has 0 saturated heterocycles. The van der Waals surface area contributed by atoms with Gasteiger partial charge in [0.1, 0.15) is 0 Å². The zero-order valence-corrected chi connectivity index (χ0v) is 9.29. The molecule has 0 fully saturated rings. The van der Waals surface area contributed by atoms with Crippen molar-refractivity contribution < 1.29 is 0 Å². The van der Waals surface area contributed by atoms with Crippen molar-refractivity contribution in [2.45, 2.75) is 39.0 Å². The van der Waals surface area contributed by atoms with Crippen molar-refractivity contribution in [1.29, 1.82) is 0 Å². The van der Waals surface area contributed by atoms with E-state index in [4.69, 9.17) is 5.73 Å². The molecule has 1 heterocycles. The maximum Gasteiger partial charge on any atom is 0.00402 e. The predicted molar refractivity (Wildman–Crippen MR) is 61.3 cm³/mol. The second-order valence-corrected chi connectivity index (χ2v) is 4.28. The minimum atomic E-state index is 0.688. The molecule has 0 aliphatic heterocycles. The van der Waals surface area contributed by atoms with Crippen LogP contribution in [0.2, 0.25) is 0 Å². The molecule has 0 amide bonds. The summed E-state index contributed by atoms with van der Waals surface area (Å²) in [6.07, 6.45) is 7.77. The lowest BCUT2D eigenvalue weighted by molar-refractivity contribution is 0.450. The van der Waals surface area contributed by atoms with Gasteiger partial charge in [0.15, 0.2) is 0 Å². The largest absolute Gasteiger partial charge is 0.367 e. The third-order valence-electron chi connectivity index (χ3n) is 2.82. The van der Waals surface area contributed by atoms with Gasteiger partial charge in [-0.05, 0) is 42.9 Å². The lowest BCUT2D eigenvalue weighted by atomic mass is 9.86. The second-order valence-electron chi connectivity index (χ2n) is 4.28. The van der Waals surface area contributed by atoms with Crippen LogP contribution in [0.15, 0.2) is 18.5 Å². The van der Waals surface area contributed by atoms with E-state index in [2.05, 4.69) is 31.1 Å². The molecule has 0 saturated carbocycles. The normalized spacial score (nSPS) is 13.4. The highest BCUT2D eigenvalue weighted by molar-refractivity contribution is 5.15. The van der Waals surface area contributed by atoms with Gasteiger partial charge in [-0.2, -0.15) is 0 Å². The summed E-state index contributed by atoms with van der Waals surface area (Å²) in [5.41, 5.74) is 6.95. The van der Waals surface area contributed by atoms with Crippen molar-refractivity contribution in [2.24, 2.45) is 11.7 Å². The summed E-state index contributed by atoms with van der Waals surface area (Å²) in [6, 6.07) is 2.19. The van der Waals surface area contributed by atoms with Gasteiger partial charge in [0.05, 0.1) is 0 Å². The highest BCUT2D eigenvalue weighted by Gasteiger charge is 2.15. The van der Waals surface area contributed by atoms with Gasteiger partial charge in [-0.25, -0.2) is 0 Å². The van der Waals surface area contributed by atoms with Crippen molar-refractivity contribution in [3.8, 4) is 0 Å².